The molecule has 30 heavy (non-hydrogen) atoms. The normalized spacial score (nSPS) is 14.7. The zero-order valence-corrected chi connectivity index (χ0v) is 16.8. The maximum Gasteiger partial charge on any atom is 0.339 e. The number of aryl methyl sites for hydroxylation is 2. The van der Waals surface area contributed by atoms with Crippen molar-refractivity contribution in [3.05, 3.63) is 70.2 Å². The number of hydrogen-bond donors (Lipinski definition) is 0. The van der Waals surface area contributed by atoms with E-state index in [4.69, 9.17) is 9.15 Å². The number of benzene rings is 1. The minimum absolute atomic E-state index is 0.0726. The molecule has 0 saturated carbocycles. The quantitative estimate of drug-likeness (QED) is 0.659. The maximum absolute atomic E-state index is 13.1. The Kier molecular flexibility index (Phi) is 5.39. The summed E-state index contributed by atoms with van der Waals surface area (Å²) in [5, 5.41) is 4.40. The third-order valence-electron chi connectivity index (χ3n) is 5.14. The van der Waals surface area contributed by atoms with Crippen molar-refractivity contribution in [1.82, 2.24) is 14.7 Å². The Hall–Kier alpha value is -3.42. The van der Waals surface area contributed by atoms with E-state index in [1.807, 2.05) is 0 Å². The van der Waals surface area contributed by atoms with Crippen LogP contribution in [0.2, 0.25) is 0 Å². The van der Waals surface area contributed by atoms with Crippen molar-refractivity contribution in [2.24, 2.45) is 7.05 Å². The molecule has 0 spiro atoms. The van der Waals surface area contributed by atoms with Gasteiger partial charge in [-0.25, -0.2) is 9.18 Å². The number of likely N-dealkylation sites (tertiary alicyclic amines) is 1. The van der Waals surface area contributed by atoms with Crippen LogP contribution >= 0.6 is 0 Å². The van der Waals surface area contributed by atoms with Crippen molar-refractivity contribution in [1.29, 1.82) is 0 Å². The van der Waals surface area contributed by atoms with E-state index in [1.165, 1.54) is 18.2 Å². The van der Waals surface area contributed by atoms with Gasteiger partial charge in [0.1, 0.15) is 29.1 Å². The Balaban J connectivity index is 1.41. The molecule has 0 N–H and O–H groups in total. The summed E-state index contributed by atoms with van der Waals surface area (Å²) < 4.78 is 25.5. The van der Waals surface area contributed by atoms with Gasteiger partial charge in [-0.1, -0.05) is 0 Å². The highest BCUT2D eigenvalue weighted by molar-refractivity contribution is 5.93. The minimum Gasteiger partial charge on any atom is -0.490 e. The van der Waals surface area contributed by atoms with E-state index in [0.29, 0.717) is 48.8 Å². The van der Waals surface area contributed by atoms with E-state index in [2.05, 4.69) is 5.10 Å². The van der Waals surface area contributed by atoms with Crippen LogP contribution < -0.4 is 10.4 Å². The predicted molar refractivity (Wildman–Crippen MR) is 108 cm³/mol. The zero-order valence-electron chi connectivity index (χ0n) is 16.8. The van der Waals surface area contributed by atoms with Crippen LogP contribution in [0, 0.1) is 12.7 Å². The Bertz CT molecular complexity index is 1110. The fraction of sp³-hybridized carbons (Fsp3) is 0.318. The first-order valence-corrected chi connectivity index (χ1v) is 9.77. The molecule has 7 nitrogen and oxygen atoms in total. The van der Waals surface area contributed by atoms with E-state index in [0.717, 1.165) is 5.56 Å². The summed E-state index contributed by atoms with van der Waals surface area (Å²) in [6.45, 7) is 2.78. The number of piperidine rings is 1. The van der Waals surface area contributed by atoms with Gasteiger partial charge in [0.15, 0.2) is 0 Å². The molecule has 3 heterocycles. The standard InChI is InChI=1S/C22H22FN3O4/c1-14-11-18(12-21(27)29-14)30-17-7-9-26(10-8-17)22(28)20-13-19(24-25(20)2)15-3-5-16(23)6-4-15/h3-6,11-13,17H,7-10H2,1-2H3. The van der Waals surface area contributed by atoms with Gasteiger partial charge >= 0.3 is 5.63 Å². The average Bonchev–Trinajstić information content (AvgIpc) is 3.09. The molecular formula is C22H22FN3O4. The molecule has 0 aliphatic carbocycles. The fourth-order valence-corrected chi connectivity index (χ4v) is 3.60. The Morgan fingerprint density at radius 3 is 2.53 bits per heavy atom. The van der Waals surface area contributed by atoms with Gasteiger partial charge in [0.2, 0.25) is 0 Å². The molecule has 0 atom stereocenters. The zero-order chi connectivity index (χ0) is 21.3. The second-order valence-corrected chi connectivity index (χ2v) is 7.38. The number of hydrogen-bond acceptors (Lipinski definition) is 5. The van der Waals surface area contributed by atoms with Gasteiger partial charge < -0.3 is 14.1 Å². The number of rotatable bonds is 4. The van der Waals surface area contributed by atoms with Gasteiger partial charge in [0, 0.05) is 44.6 Å². The van der Waals surface area contributed by atoms with E-state index >= 15 is 0 Å². The number of aromatic nitrogens is 2. The monoisotopic (exact) mass is 411 g/mol. The lowest BCUT2D eigenvalue weighted by Gasteiger charge is -2.32. The molecule has 1 aliphatic rings. The summed E-state index contributed by atoms with van der Waals surface area (Å²) in [7, 11) is 1.72. The molecule has 1 saturated heterocycles. The molecule has 0 radical (unpaired) electrons. The van der Waals surface area contributed by atoms with Gasteiger partial charge in [-0.15, -0.1) is 0 Å². The highest BCUT2D eigenvalue weighted by Crippen LogP contribution is 2.23. The first-order chi connectivity index (χ1) is 14.4. The Labute approximate surface area is 172 Å². The number of amides is 1. The maximum atomic E-state index is 13.1. The van der Waals surface area contributed by atoms with Crippen molar-refractivity contribution in [3.63, 3.8) is 0 Å². The lowest BCUT2D eigenvalue weighted by atomic mass is 10.1. The van der Waals surface area contributed by atoms with E-state index in [9.17, 15) is 14.0 Å². The summed E-state index contributed by atoms with van der Waals surface area (Å²) in [6.07, 6.45) is 1.25. The lowest BCUT2D eigenvalue weighted by Crippen LogP contribution is -2.42. The molecule has 156 valence electrons. The van der Waals surface area contributed by atoms with Crippen LogP contribution in [0.15, 0.2) is 51.7 Å². The number of halogens is 1. The largest absolute Gasteiger partial charge is 0.490 e. The summed E-state index contributed by atoms with van der Waals surface area (Å²) in [4.78, 5) is 26.2. The Morgan fingerprint density at radius 1 is 1.17 bits per heavy atom. The Morgan fingerprint density at radius 2 is 1.87 bits per heavy atom. The van der Waals surface area contributed by atoms with Crippen molar-refractivity contribution < 1.29 is 18.3 Å². The van der Waals surface area contributed by atoms with Crippen LogP contribution in [0.1, 0.15) is 29.1 Å². The highest BCUT2D eigenvalue weighted by atomic mass is 19.1. The van der Waals surface area contributed by atoms with Crippen LogP contribution in [0.4, 0.5) is 4.39 Å². The molecule has 8 heteroatoms. The van der Waals surface area contributed by atoms with Crippen molar-refractivity contribution in [3.8, 4) is 17.0 Å². The van der Waals surface area contributed by atoms with Gasteiger partial charge in [-0.05, 0) is 37.3 Å². The smallest absolute Gasteiger partial charge is 0.339 e. The van der Waals surface area contributed by atoms with E-state index in [1.54, 1.807) is 47.8 Å². The lowest BCUT2D eigenvalue weighted by molar-refractivity contribution is 0.0584. The van der Waals surface area contributed by atoms with Gasteiger partial charge in [-0.3, -0.25) is 9.48 Å². The predicted octanol–water partition coefficient (Wildman–Crippen LogP) is 3.17. The number of carbonyl (C=O) groups excluding carboxylic acids is 1. The van der Waals surface area contributed by atoms with Gasteiger partial charge in [0.25, 0.3) is 5.91 Å². The summed E-state index contributed by atoms with van der Waals surface area (Å²) in [6, 6.07) is 10.8. The molecule has 1 amide bonds. The number of carbonyl (C=O) groups is 1. The summed E-state index contributed by atoms with van der Waals surface area (Å²) >= 11 is 0. The first-order valence-electron chi connectivity index (χ1n) is 9.77. The summed E-state index contributed by atoms with van der Waals surface area (Å²) in [5.74, 6) is 0.568. The van der Waals surface area contributed by atoms with Gasteiger partial charge in [0.05, 0.1) is 11.8 Å². The molecular weight excluding hydrogens is 389 g/mol. The van der Waals surface area contributed by atoms with Crippen LogP contribution in [-0.4, -0.2) is 39.8 Å². The molecule has 3 aromatic rings. The average molecular weight is 411 g/mol. The molecule has 1 fully saturated rings. The van der Waals surface area contributed by atoms with E-state index < -0.39 is 5.63 Å². The SMILES string of the molecule is Cc1cc(OC2CCN(C(=O)c3cc(-c4ccc(F)cc4)nn3C)CC2)cc(=O)o1. The third-order valence-corrected chi connectivity index (χ3v) is 5.14. The molecule has 1 aliphatic heterocycles. The molecule has 0 bridgehead atoms. The second kappa shape index (κ2) is 8.14. The highest BCUT2D eigenvalue weighted by Gasteiger charge is 2.27. The van der Waals surface area contributed by atoms with Crippen LogP contribution in [0.3, 0.4) is 0 Å². The summed E-state index contributed by atoms with van der Waals surface area (Å²) in [5.41, 5.74) is 1.41. The topological polar surface area (TPSA) is 77.6 Å². The minimum atomic E-state index is -0.439. The van der Waals surface area contributed by atoms with E-state index in [-0.39, 0.29) is 17.8 Å². The van der Waals surface area contributed by atoms with Crippen LogP contribution in [0.25, 0.3) is 11.3 Å². The number of nitrogens with zero attached hydrogens (tertiary/aromatic N) is 3. The van der Waals surface area contributed by atoms with Crippen molar-refractivity contribution >= 4 is 5.91 Å². The second-order valence-electron chi connectivity index (χ2n) is 7.38. The first kappa shape index (κ1) is 19.9. The molecule has 0 unspecified atom stereocenters. The number of ether oxygens (including phenoxy) is 1. The van der Waals surface area contributed by atoms with Crippen molar-refractivity contribution in [2.45, 2.75) is 25.9 Å². The molecule has 4 rings (SSSR count). The van der Waals surface area contributed by atoms with Crippen molar-refractivity contribution in [2.75, 3.05) is 13.1 Å². The molecule has 1 aromatic carbocycles. The van der Waals surface area contributed by atoms with Crippen LogP contribution in [0.5, 0.6) is 5.75 Å². The van der Waals surface area contributed by atoms with Crippen LogP contribution in [-0.2, 0) is 7.05 Å². The third kappa shape index (κ3) is 4.27. The van der Waals surface area contributed by atoms with Gasteiger partial charge in [-0.2, -0.15) is 5.10 Å². The fourth-order valence-electron chi connectivity index (χ4n) is 3.60. The molecule has 2 aromatic heterocycles.